The number of benzene rings is 2. The highest BCUT2D eigenvalue weighted by molar-refractivity contribution is 6.39. The first-order valence-electron chi connectivity index (χ1n) is 7.31. The number of Topliss-reactive ketones (excluding diaryl/α,β-unsaturated/α-hetero) is 1. The Labute approximate surface area is 134 Å². The zero-order valence-corrected chi connectivity index (χ0v) is 12.6. The second-order valence-corrected chi connectivity index (χ2v) is 5.03. The highest BCUT2D eigenvalue weighted by Gasteiger charge is 2.17. The van der Waals surface area contributed by atoms with Crippen LogP contribution >= 0.6 is 0 Å². The van der Waals surface area contributed by atoms with Gasteiger partial charge in [-0.25, -0.2) is 0 Å². The van der Waals surface area contributed by atoms with Crippen LogP contribution in [-0.4, -0.2) is 17.6 Å². The van der Waals surface area contributed by atoms with Crippen LogP contribution < -0.4 is 10.6 Å². The molecule has 0 spiro atoms. The molecular weight excluding hydrogens is 292 g/mol. The van der Waals surface area contributed by atoms with Crippen LogP contribution in [0.25, 0.3) is 0 Å². The summed E-state index contributed by atoms with van der Waals surface area (Å²) in [5, 5.41) is 5.13. The van der Waals surface area contributed by atoms with Crippen molar-refractivity contribution >= 4 is 17.6 Å². The molecule has 2 aromatic rings. The van der Waals surface area contributed by atoms with Gasteiger partial charge in [-0.2, -0.15) is 0 Å². The molecule has 0 heterocycles. The molecule has 2 rings (SSSR count). The summed E-state index contributed by atoms with van der Waals surface area (Å²) in [6.07, 6.45) is -0.451. The number of carbonyl (C=O) groups excluding carboxylic acids is 3. The Morgan fingerprint density at radius 3 is 1.70 bits per heavy atom. The van der Waals surface area contributed by atoms with E-state index in [2.05, 4.69) is 10.6 Å². The summed E-state index contributed by atoms with van der Waals surface area (Å²) in [5.41, 5.74) is 1.82. The van der Waals surface area contributed by atoms with Crippen molar-refractivity contribution in [3.8, 4) is 0 Å². The zero-order valence-electron chi connectivity index (χ0n) is 12.6. The Hall–Kier alpha value is -2.95. The van der Waals surface area contributed by atoms with Gasteiger partial charge in [0.2, 0.25) is 11.7 Å². The van der Waals surface area contributed by atoms with Gasteiger partial charge < -0.3 is 10.6 Å². The SMILES string of the molecule is O=C(CC(=O)C(=O)NCc1ccccc1)NCc1ccccc1. The summed E-state index contributed by atoms with van der Waals surface area (Å²) < 4.78 is 0. The Morgan fingerprint density at radius 2 is 1.17 bits per heavy atom. The van der Waals surface area contributed by atoms with Crippen LogP contribution in [0.4, 0.5) is 0 Å². The normalized spacial score (nSPS) is 9.91. The predicted molar refractivity (Wildman–Crippen MR) is 86.2 cm³/mol. The lowest BCUT2D eigenvalue weighted by Gasteiger charge is -2.06. The predicted octanol–water partition coefficient (Wildman–Crippen LogP) is 1.58. The number of hydrogen-bond acceptors (Lipinski definition) is 3. The number of rotatable bonds is 7. The molecule has 0 saturated heterocycles. The van der Waals surface area contributed by atoms with E-state index < -0.39 is 24.0 Å². The first-order valence-corrected chi connectivity index (χ1v) is 7.31. The van der Waals surface area contributed by atoms with Crippen molar-refractivity contribution in [1.29, 1.82) is 0 Å². The van der Waals surface area contributed by atoms with E-state index in [1.165, 1.54) is 0 Å². The monoisotopic (exact) mass is 310 g/mol. The number of hydrogen-bond donors (Lipinski definition) is 2. The van der Waals surface area contributed by atoms with E-state index in [-0.39, 0.29) is 6.54 Å². The van der Waals surface area contributed by atoms with Crippen molar-refractivity contribution in [3.63, 3.8) is 0 Å². The molecule has 0 radical (unpaired) electrons. The summed E-state index contributed by atoms with van der Waals surface area (Å²) in [5.74, 6) is -1.95. The van der Waals surface area contributed by atoms with Crippen LogP contribution in [-0.2, 0) is 27.5 Å². The van der Waals surface area contributed by atoms with Crippen molar-refractivity contribution in [2.75, 3.05) is 0 Å². The molecule has 5 nitrogen and oxygen atoms in total. The fourth-order valence-corrected chi connectivity index (χ4v) is 1.96. The zero-order chi connectivity index (χ0) is 16.5. The Morgan fingerprint density at radius 1 is 0.696 bits per heavy atom. The molecule has 5 heteroatoms. The van der Waals surface area contributed by atoms with Crippen molar-refractivity contribution in [3.05, 3.63) is 71.8 Å². The van der Waals surface area contributed by atoms with E-state index in [0.717, 1.165) is 11.1 Å². The van der Waals surface area contributed by atoms with Crippen LogP contribution in [0.15, 0.2) is 60.7 Å². The molecule has 0 aromatic heterocycles. The first-order chi connectivity index (χ1) is 11.1. The van der Waals surface area contributed by atoms with Crippen LogP contribution in [0.1, 0.15) is 17.5 Å². The number of nitrogens with one attached hydrogen (secondary N) is 2. The van der Waals surface area contributed by atoms with Gasteiger partial charge in [0.05, 0.1) is 6.42 Å². The topological polar surface area (TPSA) is 75.3 Å². The van der Waals surface area contributed by atoms with Crippen LogP contribution in [0.2, 0.25) is 0 Å². The van der Waals surface area contributed by atoms with Gasteiger partial charge in [0, 0.05) is 13.1 Å². The lowest BCUT2D eigenvalue weighted by molar-refractivity contribution is -0.140. The molecule has 23 heavy (non-hydrogen) atoms. The third-order valence-corrected chi connectivity index (χ3v) is 3.20. The molecule has 0 bridgehead atoms. The van der Waals surface area contributed by atoms with Gasteiger partial charge in [-0.1, -0.05) is 60.7 Å². The molecule has 118 valence electrons. The van der Waals surface area contributed by atoms with Crippen LogP contribution in [0.5, 0.6) is 0 Å². The molecule has 0 fully saturated rings. The van der Waals surface area contributed by atoms with E-state index in [1.54, 1.807) is 0 Å². The van der Waals surface area contributed by atoms with Gasteiger partial charge in [-0.3, -0.25) is 14.4 Å². The average Bonchev–Trinajstić information content (AvgIpc) is 2.59. The third kappa shape index (κ3) is 5.74. The molecular formula is C18H18N2O3. The molecule has 0 unspecified atom stereocenters. The number of carbonyl (C=O) groups is 3. The van der Waals surface area contributed by atoms with E-state index in [1.807, 2.05) is 60.7 Å². The van der Waals surface area contributed by atoms with Gasteiger partial charge >= 0.3 is 0 Å². The molecule has 0 aliphatic carbocycles. The molecule has 0 aliphatic rings. The molecule has 0 saturated carbocycles. The van der Waals surface area contributed by atoms with Gasteiger partial charge in [0.1, 0.15) is 0 Å². The maximum atomic E-state index is 11.7. The highest BCUT2D eigenvalue weighted by Crippen LogP contribution is 1.99. The fraction of sp³-hybridized carbons (Fsp3) is 0.167. The van der Waals surface area contributed by atoms with Gasteiger partial charge in [0.15, 0.2) is 0 Å². The molecule has 2 aromatic carbocycles. The maximum absolute atomic E-state index is 11.7. The standard InChI is InChI=1S/C18H18N2O3/c21-16(18(23)20-13-15-9-5-2-6-10-15)11-17(22)19-12-14-7-3-1-4-8-14/h1-10H,11-13H2,(H,19,22)(H,20,23). The third-order valence-electron chi connectivity index (χ3n) is 3.20. The van der Waals surface area contributed by atoms with E-state index in [4.69, 9.17) is 0 Å². The van der Waals surface area contributed by atoms with Crippen molar-refractivity contribution in [1.82, 2.24) is 10.6 Å². The van der Waals surface area contributed by atoms with Gasteiger partial charge in [-0.15, -0.1) is 0 Å². The lowest BCUT2D eigenvalue weighted by Crippen LogP contribution is -2.34. The summed E-state index contributed by atoms with van der Waals surface area (Å²) >= 11 is 0. The fourth-order valence-electron chi connectivity index (χ4n) is 1.96. The Bertz CT molecular complexity index is 669. The molecule has 0 aliphatic heterocycles. The smallest absolute Gasteiger partial charge is 0.288 e. The lowest BCUT2D eigenvalue weighted by atomic mass is 10.2. The first kappa shape index (κ1) is 16.4. The largest absolute Gasteiger partial charge is 0.352 e. The van der Waals surface area contributed by atoms with E-state index in [9.17, 15) is 14.4 Å². The summed E-state index contributed by atoms with van der Waals surface area (Å²) in [6, 6.07) is 18.6. The molecule has 0 atom stereocenters. The Kier molecular flexibility index (Phi) is 6.06. The van der Waals surface area contributed by atoms with Crippen LogP contribution in [0.3, 0.4) is 0 Å². The summed E-state index contributed by atoms with van der Waals surface area (Å²) in [4.78, 5) is 35.1. The van der Waals surface area contributed by atoms with Crippen molar-refractivity contribution < 1.29 is 14.4 Å². The second kappa shape index (κ2) is 8.48. The minimum atomic E-state index is -0.747. The molecule has 2 N–H and O–H groups in total. The van der Waals surface area contributed by atoms with Crippen molar-refractivity contribution in [2.24, 2.45) is 0 Å². The maximum Gasteiger partial charge on any atom is 0.288 e. The molecule has 2 amide bonds. The van der Waals surface area contributed by atoms with Gasteiger partial charge in [-0.05, 0) is 11.1 Å². The highest BCUT2D eigenvalue weighted by atomic mass is 16.2. The van der Waals surface area contributed by atoms with E-state index in [0.29, 0.717) is 6.54 Å². The summed E-state index contributed by atoms with van der Waals surface area (Å²) in [6.45, 7) is 0.593. The van der Waals surface area contributed by atoms with Crippen LogP contribution in [0, 0.1) is 0 Å². The van der Waals surface area contributed by atoms with Gasteiger partial charge in [0.25, 0.3) is 5.91 Å². The minimum Gasteiger partial charge on any atom is -0.352 e. The van der Waals surface area contributed by atoms with E-state index >= 15 is 0 Å². The second-order valence-electron chi connectivity index (χ2n) is 5.03. The minimum absolute atomic E-state index is 0.261. The number of amides is 2. The Balaban J connectivity index is 1.72. The number of ketones is 1. The quantitative estimate of drug-likeness (QED) is 0.602. The average molecular weight is 310 g/mol. The summed E-state index contributed by atoms with van der Waals surface area (Å²) in [7, 11) is 0. The van der Waals surface area contributed by atoms with Crippen molar-refractivity contribution in [2.45, 2.75) is 19.5 Å².